The molecule has 0 aliphatic carbocycles. The van der Waals surface area contributed by atoms with Crippen LogP contribution in [0.5, 0.6) is 0 Å². The number of aliphatic carboxylic acids is 1. The van der Waals surface area contributed by atoms with Crippen molar-refractivity contribution < 1.29 is 15.0 Å². The van der Waals surface area contributed by atoms with Gasteiger partial charge in [0.15, 0.2) is 0 Å². The number of para-hydroxylation sites is 1. The number of aliphatic hydroxyl groups excluding tert-OH is 1. The van der Waals surface area contributed by atoms with Gasteiger partial charge in [-0.15, -0.1) is 0 Å². The number of rotatable bonds is 5. The molecule has 0 spiro atoms. The maximum Gasteiger partial charge on any atom is 0.306 e. The van der Waals surface area contributed by atoms with Crippen molar-refractivity contribution in [3.8, 4) is 5.69 Å². The number of hydrogen-bond acceptors (Lipinski definition) is 3. The Morgan fingerprint density at radius 3 is 2.50 bits per heavy atom. The summed E-state index contributed by atoms with van der Waals surface area (Å²) in [6, 6.07) is 9.54. The van der Waals surface area contributed by atoms with Gasteiger partial charge in [-0.05, 0) is 18.1 Å². The average Bonchev–Trinajstić information content (AvgIpc) is 2.95. The highest BCUT2D eigenvalue weighted by Gasteiger charge is 2.27. The number of carboxylic acid groups (broad SMARTS) is 1. The highest BCUT2D eigenvalue weighted by atomic mass is 16.4. The number of hydrogen-bond donors (Lipinski definition) is 2. The van der Waals surface area contributed by atoms with E-state index in [-0.39, 0.29) is 5.92 Å². The fourth-order valence-corrected chi connectivity index (χ4v) is 2.01. The molecule has 2 aromatic rings. The minimum atomic E-state index is -0.910. The van der Waals surface area contributed by atoms with Crippen LogP contribution in [0.4, 0.5) is 0 Å². The molecule has 0 radical (unpaired) electrons. The van der Waals surface area contributed by atoms with Gasteiger partial charge in [-0.3, -0.25) is 4.79 Å². The van der Waals surface area contributed by atoms with E-state index in [9.17, 15) is 9.90 Å². The van der Waals surface area contributed by atoms with E-state index in [4.69, 9.17) is 5.11 Å². The van der Waals surface area contributed by atoms with Crippen molar-refractivity contribution in [1.29, 1.82) is 0 Å². The van der Waals surface area contributed by atoms with Crippen LogP contribution in [-0.2, 0) is 4.79 Å². The number of aromatic nitrogens is 2. The summed E-state index contributed by atoms with van der Waals surface area (Å²) in [5, 5.41) is 23.5. The van der Waals surface area contributed by atoms with Crippen molar-refractivity contribution in [2.45, 2.75) is 20.0 Å². The molecule has 5 heteroatoms. The Labute approximate surface area is 117 Å². The van der Waals surface area contributed by atoms with Gasteiger partial charge in [0, 0.05) is 11.8 Å². The van der Waals surface area contributed by atoms with Gasteiger partial charge in [0.25, 0.3) is 0 Å². The quantitative estimate of drug-likeness (QED) is 0.877. The molecule has 0 aliphatic heterocycles. The molecule has 3 unspecified atom stereocenters. The third kappa shape index (κ3) is 2.88. The molecule has 1 heterocycles. The maximum atomic E-state index is 11.0. The smallest absolute Gasteiger partial charge is 0.306 e. The van der Waals surface area contributed by atoms with Crippen LogP contribution >= 0.6 is 0 Å². The first-order chi connectivity index (χ1) is 9.50. The Morgan fingerprint density at radius 2 is 1.90 bits per heavy atom. The highest BCUT2D eigenvalue weighted by Crippen LogP contribution is 2.28. The fraction of sp³-hybridized carbons (Fsp3) is 0.333. The molecular weight excluding hydrogens is 256 g/mol. The molecule has 5 nitrogen and oxygen atoms in total. The molecule has 0 fully saturated rings. The minimum Gasteiger partial charge on any atom is -0.481 e. The first kappa shape index (κ1) is 14.3. The second kappa shape index (κ2) is 5.88. The largest absolute Gasteiger partial charge is 0.481 e. The summed E-state index contributed by atoms with van der Waals surface area (Å²) in [6.45, 7) is 3.32. The molecule has 3 atom stereocenters. The lowest BCUT2D eigenvalue weighted by atomic mass is 9.88. The van der Waals surface area contributed by atoms with Crippen LogP contribution in [0.2, 0.25) is 0 Å². The van der Waals surface area contributed by atoms with Crippen molar-refractivity contribution in [3.63, 3.8) is 0 Å². The number of carboxylic acids is 1. The van der Waals surface area contributed by atoms with Crippen LogP contribution in [0.1, 0.15) is 25.5 Å². The molecule has 0 aliphatic rings. The first-order valence-corrected chi connectivity index (χ1v) is 6.51. The standard InChI is InChI=1S/C15H18N2O3/c1-10(11(2)15(19)20)14(18)12-8-16-17(9-12)13-6-4-3-5-7-13/h3-11,14,18H,1-2H3,(H,19,20). The van der Waals surface area contributed by atoms with Crippen molar-refractivity contribution in [1.82, 2.24) is 9.78 Å². The van der Waals surface area contributed by atoms with E-state index in [1.807, 2.05) is 30.3 Å². The Kier molecular flexibility index (Phi) is 4.20. The summed E-state index contributed by atoms with van der Waals surface area (Å²) < 4.78 is 1.66. The van der Waals surface area contributed by atoms with Crippen molar-refractivity contribution in [2.75, 3.05) is 0 Å². The lowest BCUT2D eigenvalue weighted by Gasteiger charge is -2.21. The van der Waals surface area contributed by atoms with Gasteiger partial charge in [-0.2, -0.15) is 5.10 Å². The van der Waals surface area contributed by atoms with Gasteiger partial charge in [0.1, 0.15) is 0 Å². The topological polar surface area (TPSA) is 75.3 Å². The van der Waals surface area contributed by atoms with Crippen LogP contribution in [-0.4, -0.2) is 26.0 Å². The van der Waals surface area contributed by atoms with E-state index in [1.54, 1.807) is 30.9 Å². The van der Waals surface area contributed by atoms with Gasteiger partial charge < -0.3 is 10.2 Å². The SMILES string of the molecule is CC(C(=O)O)C(C)C(O)c1cnn(-c2ccccc2)c1. The van der Waals surface area contributed by atoms with E-state index in [2.05, 4.69) is 5.10 Å². The lowest BCUT2D eigenvalue weighted by molar-refractivity contribution is -0.144. The maximum absolute atomic E-state index is 11.0. The van der Waals surface area contributed by atoms with Gasteiger partial charge >= 0.3 is 5.97 Å². The van der Waals surface area contributed by atoms with E-state index in [0.29, 0.717) is 5.56 Å². The normalized spacial score (nSPS) is 15.6. The Morgan fingerprint density at radius 1 is 1.25 bits per heavy atom. The van der Waals surface area contributed by atoms with Gasteiger partial charge in [-0.25, -0.2) is 4.68 Å². The molecule has 106 valence electrons. The molecule has 20 heavy (non-hydrogen) atoms. The molecule has 2 N–H and O–H groups in total. The van der Waals surface area contributed by atoms with Crippen LogP contribution in [0.15, 0.2) is 42.7 Å². The molecule has 0 bridgehead atoms. The predicted octanol–water partition coefficient (Wildman–Crippen LogP) is 2.26. The average molecular weight is 274 g/mol. The zero-order valence-corrected chi connectivity index (χ0v) is 11.5. The highest BCUT2D eigenvalue weighted by molar-refractivity contribution is 5.69. The van der Waals surface area contributed by atoms with E-state index >= 15 is 0 Å². The zero-order chi connectivity index (χ0) is 14.7. The van der Waals surface area contributed by atoms with E-state index in [0.717, 1.165) is 5.69 Å². The summed E-state index contributed by atoms with van der Waals surface area (Å²) in [4.78, 5) is 11.0. The monoisotopic (exact) mass is 274 g/mol. The Balaban J connectivity index is 2.18. The van der Waals surface area contributed by atoms with Crippen molar-refractivity contribution in [2.24, 2.45) is 11.8 Å². The molecule has 0 saturated heterocycles. The molecule has 0 amide bonds. The van der Waals surface area contributed by atoms with Crippen LogP contribution < -0.4 is 0 Å². The van der Waals surface area contributed by atoms with Crippen molar-refractivity contribution >= 4 is 5.97 Å². The lowest BCUT2D eigenvalue weighted by Crippen LogP contribution is -2.23. The van der Waals surface area contributed by atoms with E-state index < -0.39 is 18.0 Å². The number of benzene rings is 1. The van der Waals surface area contributed by atoms with Crippen LogP contribution in [0.25, 0.3) is 5.69 Å². The second-order valence-electron chi connectivity index (χ2n) is 4.98. The summed E-state index contributed by atoms with van der Waals surface area (Å²) in [5.41, 5.74) is 1.51. The molecule has 0 saturated carbocycles. The first-order valence-electron chi connectivity index (χ1n) is 6.51. The van der Waals surface area contributed by atoms with Gasteiger partial charge in [-0.1, -0.05) is 32.0 Å². The summed E-state index contributed by atoms with van der Waals surface area (Å²) >= 11 is 0. The molecule has 1 aromatic heterocycles. The zero-order valence-electron chi connectivity index (χ0n) is 11.5. The second-order valence-corrected chi connectivity index (χ2v) is 4.98. The molecule has 2 rings (SSSR count). The van der Waals surface area contributed by atoms with Gasteiger partial charge in [0.2, 0.25) is 0 Å². The third-order valence-corrected chi connectivity index (χ3v) is 3.64. The van der Waals surface area contributed by atoms with Gasteiger partial charge in [0.05, 0.1) is 23.9 Å². The summed E-state index contributed by atoms with van der Waals surface area (Å²) in [7, 11) is 0. The summed E-state index contributed by atoms with van der Waals surface area (Å²) in [6.07, 6.45) is 2.45. The van der Waals surface area contributed by atoms with Crippen molar-refractivity contribution in [3.05, 3.63) is 48.3 Å². The fourth-order valence-electron chi connectivity index (χ4n) is 2.01. The molecule has 1 aromatic carbocycles. The Bertz CT molecular complexity index is 580. The van der Waals surface area contributed by atoms with Crippen LogP contribution in [0, 0.1) is 11.8 Å². The number of aliphatic hydroxyl groups is 1. The summed E-state index contributed by atoms with van der Waals surface area (Å²) in [5.74, 6) is -1.92. The minimum absolute atomic E-state index is 0.388. The number of carbonyl (C=O) groups is 1. The third-order valence-electron chi connectivity index (χ3n) is 3.64. The van der Waals surface area contributed by atoms with Crippen LogP contribution in [0.3, 0.4) is 0 Å². The predicted molar refractivity (Wildman–Crippen MR) is 74.5 cm³/mol. The number of nitrogens with zero attached hydrogens (tertiary/aromatic N) is 2. The van der Waals surface area contributed by atoms with E-state index in [1.165, 1.54) is 0 Å². The molecular formula is C15H18N2O3. The Hall–Kier alpha value is -2.14.